The van der Waals surface area contributed by atoms with Gasteiger partial charge in [-0.15, -0.1) is 0 Å². The summed E-state index contributed by atoms with van der Waals surface area (Å²) in [5.41, 5.74) is 4.15. The van der Waals surface area contributed by atoms with E-state index in [1.54, 1.807) is 30.6 Å². The SMILES string of the molecule is Cc1cccc(NS(=O)(=O)c2ccc(C(=O)N3CCN(Cc4ccncc4)CC3)cc2)c1C. The van der Waals surface area contributed by atoms with Crippen LogP contribution in [0.25, 0.3) is 0 Å². The molecule has 1 aromatic heterocycles. The second-order valence-electron chi connectivity index (χ2n) is 8.30. The molecule has 1 aliphatic rings. The summed E-state index contributed by atoms with van der Waals surface area (Å²) in [7, 11) is -3.74. The number of anilines is 1. The fraction of sp³-hybridized carbons (Fsp3) is 0.280. The summed E-state index contributed by atoms with van der Waals surface area (Å²) in [6.07, 6.45) is 3.58. The monoisotopic (exact) mass is 464 g/mol. The van der Waals surface area contributed by atoms with Crippen LogP contribution >= 0.6 is 0 Å². The van der Waals surface area contributed by atoms with E-state index in [9.17, 15) is 13.2 Å². The molecule has 3 aromatic rings. The first-order chi connectivity index (χ1) is 15.8. The van der Waals surface area contributed by atoms with Gasteiger partial charge in [0.05, 0.1) is 10.6 Å². The molecule has 1 aliphatic heterocycles. The van der Waals surface area contributed by atoms with Crippen molar-refractivity contribution in [1.29, 1.82) is 0 Å². The first kappa shape index (κ1) is 22.9. The van der Waals surface area contributed by atoms with Crippen molar-refractivity contribution in [2.24, 2.45) is 0 Å². The Hall–Kier alpha value is -3.23. The normalized spacial score (nSPS) is 14.8. The van der Waals surface area contributed by atoms with Crippen LogP contribution in [0.3, 0.4) is 0 Å². The summed E-state index contributed by atoms with van der Waals surface area (Å²) >= 11 is 0. The summed E-state index contributed by atoms with van der Waals surface area (Å²) in [5, 5.41) is 0. The van der Waals surface area contributed by atoms with Crippen LogP contribution in [0.2, 0.25) is 0 Å². The lowest BCUT2D eigenvalue weighted by Crippen LogP contribution is -2.48. The van der Waals surface area contributed by atoms with Gasteiger partial charge in [0.15, 0.2) is 0 Å². The molecule has 0 aliphatic carbocycles. The fourth-order valence-electron chi connectivity index (χ4n) is 3.88. The number of piperazine rings is 1. The van der Waals surface area contributed by atoms with Crippen LogP contribution in [-0.2, 0) is 16.6 Å². The number of amides is 1. The van der Waals surface area contributed by atoms with Crippen molar-refractivity contribution in [3.8, 4) is 0 Å². The van der Waals surface area contributed by atoms with E-state index in [1.807, 2.05) is 43.0 Å². The number of pyridine rings is 1. The van der Waals surface area contributed by atoms with Crippen LogP contribution in [0.1, 0.15) is 27.0 Å². The van der Waals surface area contributed by atoms with Crippen molar-refractivity contribution < 1.29 is 13.2 Å². The Balaban J connectivity index is 1.38. The molecule has 8 heteroatoms. The van der Waals surface area contributed by atoms with Gasteiger partial charge in [-0.2, -0.15) is 0 Å². The predicted molar refractivity (Wildman–Crippen MR) is 129 cm³/mol. The number of sulfonamides is 1. The Bertz CT molecular complexity index is 1220. The number of aryl methyl sites for hydroxylation is 1. The Kier molecular flexibility index (Phi) is 6.76. The van der Waals surface area contributed by atoms with Gasteiger partial charge < -0.3 is 4.90 Å². The van der Waals surface area contributed by atoms with Gasteiger partial charge in [0.2, 0.25) is 0 Å². The number of rotatable bonds is 6. The Morgan fingerprint density at radius 3 is 2.27 bits per heavy atom. The molecule has 0 unspecified atom stereocenters. The van der Waals surface area contributed by atoms with Gasteiger partial charge in [-0.25, -0.2) is 8.42 Å². The predicted octanol–water partition coefficient (Wildman–Crippen LogP) is 3.46. The minimum absolute atomic E-state index is 0.0787. The summed E-state index contributed by atoms with van der Waals surface area (Å²) < 4.78 is 28.3. The van der Waals surface area contributed by atoms with Crippen molar-refractivity contribution in [2.75, 3.05) is 30.9 Å². The second kappa shape index (κ2) is 9.72. The molecule has 172 valence electrons. The highest BCUT2D eigenvalue weighted by Gasteiger charge is 2.23. The third-order valence-electron chi connectivity index (χ3n) is 6.08. The molecule has 33 heavy (non-hydrogen) atoms. The zero-order valence-electron chi connectivity index (χ0n) is 18.9. The highest BCUT2D eigenvalue weighted by atomic mass is 32.2. The van der Waals surface area contributed by atoms with E-state index in [0.29, 0.717) is 24.3 Å². The van der Waals surface area contributed by atoms with E-state index in [-0.39, 0.29) is 10.8 Å². The van der Waals surface area contributed by atoms with Crippen molar-refractivity contribution in [1.82, 2.24) is 14.8 Å². The van der Waals surface area contributed by atoms with E-state index in [0.717, 1.165) is 30.8 Å². The third-order valence-corrected chi connectivity index (χ3v) is 7.46. The molecule has 0 radical (unpaired) electrons. The van der Waals surface area contributed by atoms with Gasteiger partial charge >= 0.3 is 0 Å². The summed E-state index contributed by atoms with van der Waals surface area (Å²) in [6, 6.07) is 15.6. The van der Waals surface area contributed by atoms with Crippen LogP contribution < -0.4 is 4.72 Å². The molecule has 2 aromatic carbocycles. The number of aromatic nitrogens is 1. The lowest BCUT2D eigenvalue weighted by molar-refractivity contribution is 0.0628. The standard InChI is InChI=1S/C25H28N4O3S/c1-19-4-3-5-24(20(19)2)27-33(31,32)23-8-6-22(7-9-23)25(30)29-16-14-28(15-17-29)18-21-10-12-26-13-11-21/h3-13,27H,14-18H2,1-2H3. The van der Waals surface area contributed by atoms with Crippen LogP contribution in [0, 0.1) is 13.8 Å². The van der Waals surface area contributed by atoms with Crippen molar-refractivity contribution in [3.63, 3.8) is 0 Å². The molecule has 0 atom stereocenters. The van der Waals surface area contributed by atoms with E-state index in [4.69, 9.17) is 0 Å². The maximum Gasteiger partial charge on any atom is 0.261 e. The largest absolute Gasteiger partial charge is 0.336 e. The van der Waals surface area contributed by atoms with Crippen molar-refractivity contribution in [2.45, 2.75) is 25.3 Å². The van der Waals surface area contributed by atoms with Crippen LogP contribution in [0.4, 0.5) is 5.69 Å². The lowest BCUT2D eigenvalue weighted by atomic mass is 10.1. The average molecular weight is 465 g/mol. The summed E-state index contributed by atoms with van der Waals surface area (Å²) in [5.74, 6) is -0.0787. The number of carbonyl (C=O) groups is 1. The van der Waals surface area contributed by atoms with Gasteiger partial charge in [-0.05, 0) is 73.0 Å². The number of carbonyl (C=O) groups excluding carboxylic acids is 1. The zero-order valence-corrected chi connectivity index (χ0v) is 19.7. The summed E-state index contributed by atoms with van der Waals surface area (Å²) in [6.45, 7) is 7.51. The van der Waals surface area contributed by atoms with Crippen molar-refractivity contribution in [3.05, 3.63) is 89.2 Å². The Morgan fingerprint density at radius 1 is 0.939 bits per heavy atom. The molecule has 4 rings (SSSR count). The molecular formula is C25H28N4O3S. The minimum Gasteiger partial charge on any atom is -0.336 e. The molecule has 7 nitrogen and oxygen atoms in total. The zero-order chi connectivity index (χ0) is 23.4. The molecule has 0 bridgehead atoms. The number of nitrogens with zero attached hydrogens (tertiary/aromatic N) is 3. The number of nitrogens with one attached hydrogen (secondary N) is 1. The maximum absolute atomic E-state index is 12.9. The molecule has 0 saturated carbocycles. The van der Waals surface area contributed by atoms with E-state index in [2.05, 4.69) is 14.6 Å². The molecule has 1 saturated heterocycles. The Morgan fingerprint density at radius 2 is 1.61 bits per heavy atom. The average Bonchev–Trinajstić information content (AvgIpc) is 2.83. The highest BCUT2D eigenvalue weighted by molar-refractivity contribution is 7.92. The van der Waals surface area contributed by atoms with E-state index in [1.165, 1.54) is 17.7 Å². The van der Waals surface area contributed by atoms with Gasteiger partial charge in [-0.1, -0.05) is 12.1 Å². The van der Waals surface area contributed by atoms with Crippen LogP contribution in [0.5, 0.6) is 0 Å². The minimum atomic E-state index is -3.74. The molecular weight excluding hydrogens is 436 g/mol. The number of benzene rings is 2. The van der Waals surface area contributed by atoms with Gasteiger partial charge in [0.25, 0.3) is 15.9 Å². The first-order valence-electron chi connectivity index (χ1n) is 10.9. The maximum atomic E-state index is 12.9. The van der Waals surface area contributed by atoms with Crippen LogP contribution in [-0.4, -0.2) is 55.3 Å². The highest BCUT2D eigenvalue weighted by Crippen LogP contribution is 2.22. The van der Waals surface area contributed by atoms with Gasteiger partial charge in [-0.3, -0.25) is 19.4 Å². The Labute approximate surface area is 195 Å². The van der Waals surface area contributed by atoms with Crippen LogP contribution in [0.15, 0.2) is 71.9 Å². The third kappa shape index (κ3) is 5.40. The molecule has 2 heterocycles. The molecule has 1 fully saturated rings. The van der Waals surface area contributed by atoms with Crippen molar-refractivity contribution >= 4 is 21.6 Å². The number of hydrogen-bond donors (Lipinski definition) is 1. The van der Waals surface area contributed by atoms with Gasteiger partial charge in [0.1, 0.15) is 0 Å². The smallest absolute Gasteiger partial charge is 0.261 e. The van der Waals surface area contributed by atoms with E-state index >= 15 is 0 Å². The second-order valence-corrected chi connectivity index (χ2v) is 9.98. The molecule has 0 spiro atoms. The quantitative estimate of drug-likeness (QED) is 0.604. The topological polar surface area (TPSA) is 82.6 Å². The van der Waals surface area contributed by atoms with Gasteiger partial charge in [0, 0.05) is 50.7 Å². The lowest BCUT2D eigenvalue weighted by Gasteiger charge is -2.34. The van der Waals surface area contributed by atoms with E-state index < -0.39 is 10.0 Å². The molecule has 1 amide bonds. The molecule has 1 N–H and O–H groups in total. The fourth-order valence-corrected chi connectivity index (χ4v) is 5.00. The summed E-state index contributed by atoms with van der Waals surface area (Å²) in [4.78, 5) is 21.2. The first-order valence-corrected chi connectivity index (χ1v) is 12.4. The number of hydrogen-bond acceptors (Lipinski definition) is 5.